The van der Waals surface area contributed by atoms with Crippen LogP contribution < -0.4 is 10.6 Å². The number of amides is 2. The molecule has 0 spiro atoms. The SMILES string of the molecule is CC(=O)Nc1ccc(CC(=O)O[C@@H](C)C(=O)Nc2ccc(Cl)cc2Cl)cc1. The Balaban J connectivity index is 1.88. The Hall–Kier alpha value is -2.57. The number of hydrogen-bond donors (Lipinski definition) is 2. The standard InChI is InChI=1S/C19H18Cl2N2O4/c1-11(19(26)23-17-8-5-14(20)10-16(17)21)27-18(25)9-13-3-6-15(7-4-13)22-12(2)24/h3-8,10-11H,9H2,1-2H3,(H,22,24)(H,23,26)/t11-/m0/s1. The fourth-order valence-corrected chi connectivity index (χ4v) is 2.65. The Morgan fingerprint density at radius 1 is 1.04 bits per heavy atom. The minimum Gasteiger partial charge on any atom is -0.452 e. The average molecular weight is 409 g/mol. The molecular weight excluding hydrogens is 391 g/mol. The number of carbonyl (C=O) groups is 3. The summed E-state index contributed by atoms with van der Waals surface area (Å²) >= 11 is 11.8. The van der Waals surface area contributed by atoms with Gasteiger partial charge in [-0.05, 0) is 42.8 Å². The van der Waals surface area contributed by atoms with Gasteiger partial charge >= 0.3 is 5.97 Å². The first kappa shape index (κ1) is 20.7. The van der Waals surface area contributed by atoms with Gasteiger partial charge in [-0.3, -0.25) is 14.4 Å². The van der Waals surface area contributed by atoms with Crippen LogP contribution >= 0.6 is 23.2 Å². The van der Waals surface area contributed by atoms with Crippen LogP contribution in [-0.2, 0) is 25.5 Å². The van der Waals surface area contributed by atoms with Gasteiger partial charge in [0.05, 0.1) is 17.1 Å². The normalized spacial score (nSPS) is 11.4. The Morgan fingerprint density at radius 2 is 1.70 bits per heavy atom. The molecule has 0 saturated carbocycles. The topological polar surface area (TPSA) is 84.5 Å². The quantitative estimate of drug-likeness (QED) is 0.705. The molecule has 27 heavy (non-hydrogen) atoms. The third-order valence-corrected chi connectivity index (χ3v) is 4.04. The zero-order valence-electron chi connectivity index (χ0n) is 14.7. The van der Waals surface area contributed by atoms with Gasteiger partial charge in [0.25, 0.3) is 5.91 Å². The highest BCUT2D eigenvalue weighted by atomic mass is 35.5. The van der Waals surface area contributed by atoms with Crippen LogP contribution in [0.4, 0.5) is 11.4 Å². The molecule has 1 atom stereocenters. The molecule has 6 nitrogen and oxygen atoms in total. The monoisotopic (exact) mass is 408 g/mol. The summed E-state index contributed by atoms with van der Waals surface area (Å²) in [4.78, 5) is 35.2. The van der Waals surface area contributed by atoms with Gasteiger partial charge in [0, 0.05) is 17.6 Å². The Bertz CT molecular complexity index is 853. The number of hydrogen-bond acceptors (Lipinski definition) is 4. The van der Waals surface area contributed by atoms with Crippen LogP contribution in [0, 0.1) is 0 Å². The molecule has 0 heterocycles. The Labute approximate surface area is 166 Å². The Kier molecular flexibility index (Phi) is 7.21. The van der Waals surface area contributed by atoms with E-state index in [1.807, 2.05) is 0 Å². The number of benzene rings is 2. The van der Waals surface area contributed by atoms with E-state index in [0.29, 0.717) is 22.0 Å². The van der Waals surface area contributed by atoms with Gasteiger partial charge in [-0.25, -0.2) is 0 Å². The molecule has 0 aliphatic heterocycles. The van der Waals surface area contributed by atoms with Gasteiger partial charge in [0.15, 0.2) is 6.10 Å². The van der Waals surface area contributed by atoms with Crippen LogP contribution in [-0.4, -0.2) is 23.9 Å². The lowest BCUT2D eigenvalue weighted by Gasteiger charge is -2.14. The van der Waals surface area contributed by atoms with E-state index in [0.717, 1.165) is 0 Å². The largest absolute Gasteiger partial charge is 0.452 e. The summed E-state index contributed by atoms with van der Waals surface area (Å²) in [7, 11) is 0. The maximum Gasteiger partial charge on any atom is 0.311 e. The second-order valence-electron chi connectivity index (χ2n) is 5.80. The van der Waals surface area contributed by atoms with E-state index in [1.54, 1.807) is 36.4 Å². The molecule has 2 N–H and O–H groups in total. The predicted molar refractivity (Wildman–Crippen MR) is 105 cm³/mol. The van der Waals surface area contributed by atoms with Crippen molar-refractivity contribution in [3.8, 4) is 0 Å². The predicted octanol–water partition coefficient (Wildman–Crippen LogP) is 4.06. The van der Waals surface area contributed by atoms with Crippen molar-refractivity contribution in [3.63, 3.8) is 0 Å². The zero-order valence-corrected chi connectivity index (χ0v) is 16.2. The number of carbonyl (C=O) groups excluding carboxylic acids is 3. The highest BCUT2D eigenvalue weighted by Crippen LogP contribution is 2.25. The van der Waals surface area contributed by atoms with Crippen molar-refractivity contribution in [2.75, 3.05) is 10.6 Å². The van der Waals surface area contributed by atoms with E-state index in [9.17, 15) is 14.4 Å². The van der Waals surface area contributed by atoms with Gasteiger partial charge in [-0.15, -0.1) is 0 Å². The number of halogens is 2. The molecule has 0 bridgehead atoms. The number of anilines is 2. The van der Waals surface area contributed by atoms with Gasteiger partial charge in [-0.2, -0.15) is 0 Å². The van der Waals surface area contributed by atoms with Crippen molar-refractivity contribution < 1.29 is 19.1 Å². The molecule has 0 fully saturated rings. The number of ether oxygens (including phenoxy) is 1. The van der Waals surface area contributed by atoms with Crippen molar-refractivity contribution in [1.29, 1.82) is 0 Å². The summed E-state index contributed by atoms with van der Waals surface area (Å²) in [5, 5.41) is 5.95. The maximum atomic E-state index is 12.2. The molecule has 0 unspecified atom stereocenters. The molecule has 142 valence electrons. The van der Waals surface area contributed by atoms with Crippen LogP contribution in [0.2, 0.25) is 10.0 Å². The van der Waals surface area contributed by atoms with Crippen molar-refractivity contribution >= 4 is 52.4 Å². The highest BCUT2D eigenvalue weighted by Gasteiger charge is 2.19. The molecule has 0 aliphatic rings. The minimum absolute atomic E-state index is 0.000325. The van der Waals surface area contributed by atoms with Crippen LogP contribution in [0.5, 0.6) is 0 Å². The van der Waals surface area contributed by atoms with Crippen molar-refractivity contribution in [2.24, 2.45) is 0 Å². The molecule has 2 aromatic rings. The highest BCUT2D eigenvalue weighted by molar-refractivity contribution is 6.36. The van der Waals surface area contributed by atoms with E-state index in [2.05, 4.69) is 10.6 Å². The van der Waals surface area contributed by atoms with Gasteiger partial charge in [0.1, 0.15) is 0 Å². The van der Waals surface area contributed by atoms with E-state index in [4.69, 9.17) is 27.9 Å². The fourth-order valence-electron chi connectivity index (χ4n) is 2.19. The van der Waals surface area contributed by atoms with E-state index < -0.39 is 18.0 Å². The van der Waals surface area contributed by atoms with Crippen molar-refractivity contribution in [2.45, 2.75) is 26.4 Å². The van der Waals surface area contributed by atoms with Gasteiger partial charge in [-0.1, -0.05) is 35.3 Å². The molecule has 0 saturated heterocycles. The van der Waals surface area contributed by atoms with E-state index in [-0.39, 0.29) is 17.4 Å². The third-order valence-electron chi connectivity index (χ3n) is 3.49. The molecular formula is C19H18Cl2N2O4. The molecule has 2 rings (SSSR count). The van der Waals surface area contributed by atoms with Crippen molar-refractivity contribution in [1.82, 2.24) is 0 Å². The van der Waals surface area contributed by atoms with E-state index >= 15 is 0 Å². The molecule has 2 amide bonds. The number of rotatable bonds is 6. The van der Waals surface area contributed by atoms with Crippen LogP contribution in [0.15, 0.2) is 42.5 Å². The third kappa shape index (κ3) is 6.58. The average Bonchev–Trinajstić information content (AvgIpc) is 2.58. The van der Waals surface area contributed by atoms with Crippen molar-refractivity contribution in [3.05, 3.63) is 58.1 Å². The van der Waals surface area contributed by atoms with Gasteiger partial charge < -0.3 is 15.4 Å². The first-order valence-corrected chi connectivity index (χ1v) is 8.82. The summed E-state index contributed by atoms with van der Waals surface area (Å²) in [5.41, 5.74) is 1.71. The minimum atomic E-state index is -0.997. The molecule has 8 heteroatoms. The molecule has 0 aliphatic carbocycles. The first-order valence-electron chi connectivity index (χ1n) is 8.06. The second-order valence-corrected chi connectivity index (χ2v) is 6.64. The lowest BCUT2D eigenvalue weighted by atomic mass is 10.1. The molecule has 0 radical (unpaired) electrons. The lowest BCUT2D eigenvalue weighted by molar-refractivity contribution is -0.152. The molecule has 2 aromatic carbocycles. The number of esters is 1. The number of nitrogens with one attached hydrogen (secondary N) is 2. The van der Waals surface area contributed by atoms with E-state index in [1.165, 1.54) is 19.9 Å². The Morgan fingerprint density at radius 3 is 2.30 bits per heavy atom. The smallest absolute Gasteiger partial charge is 0.311 e. The van der Waals surface area contributed by atoms with Gasteiger partial charge in [0.2, 0.25) is 5.91 Å². The van der Waals surface area contributed by atoms with Crippen LogP contribution in [0.1, 0.15) is 19.4 Å². The summed E-state index contributed by atoms with van der Waals surface area (Å²) in [6.07, 6.45) is -0.998. The zero-order chi connectivity index (χ0) is 20.0. The lowest BCUT2D eigenvalue weighted by Crippen LogP contribution is -2.30. The maximum absolute atomic E-state index is 12.2. The fraction of sp³-hybridized carbons (Fsp3) is 0.211. The second kappa shape index (κ2) is 9.39. The van der Waals surface area contributed by atoms with Crippen LogP contribution in [0.25, 0.3) is 0 Å². The molecule has 0 aromatic heterocycles. The summed E-state index contributed by atoms with van der Waals surface area (Å²) < 4.78 is 5.16. The first-order chi connectivity index (χ1) is 12.7. The summed E-state index contributed by atoms with van der Waals surface area (Å²) in [5.74, 6) is -1.23. The van der Waals surface area contributed by atoms with Crippen LogP contribution in [0.3, 0.4) is 0 Å². The summed E-state index contributed by atoms with van der Waals surface area (Å²) in [6, 6.07) is 11.4. The summed E-state index contributed by atoms with van der Waals surface area (Å²) in [6.45, 7) is 2.88.